The quantitative estimate of drug-likeness (QED) is 0.502. The lowest BCUT2D eigenvalue weighted by Crippen LogP contribution is -2.33. The summed E-state index contributed by atoms with van der Waals surface area (Å²) in [6, 6.07) is 6.57. The van der Waals surface area contributed by atoms with Gasteiger partial charge in [0.1, 0.15) is 17.3 Å². The maximum absolute atomic E-state index is 13.9. The molecule has 2 aliphatic rings. The van der Waals surface area contributed by atoms with Crippen LogP contribution in [0.1, 0.15) is 30.9 Å². The molecule has 1 aromatic carbocycles. The molecule has 0 bridgehead atoms. The number of aromatic nitrogens is 3. The summed E-state index contributed by atoms with van der Waals surface area (Å²) < 4.78 is 16.6. The van der Waals surface area contributed by atoms with Crippen LogP contribution in [0.3, 0.4) is 0 Å². The van der Waals surface area contributed by atoms with Crippen LogP contribution in [0.25, 0.3) is 5.65 Å². The van der Waals surface area contributed by atoms with Gasteiger partial charge in [-0.3, -0.25) is 0 Å². The smallest absolute Gasteiger partial charge is 0.322 e. The predicted molar refractivity (Wildman–Crippen MR) is 123 cm³/mol. The molecule has 5 rings (SSSR count). The fraction of sp³-hybridized carbons (Fsp3) is 0.381. The number of anilines is 2. The van der Waals surface area contributed by atoms with Gasteiger partial charge in [-0.15, -0.1) is 0 Å². The molecule has 2 amide bonds. The minimum atomic E-state index is -0.475. The third-order valence-electron chi connectivity index (χ3n) is 5.91. The van der Waals surface area contributed by atoms with Crippen LogP contribution in [0.15, 0.2) is 36.7 Å². The molecular formula is C21H22FIN6O2. The number of rotatable bonds is 3. The number of amides is 2. The Morgan fingerprint density at radius 1 is 1.26 bits per heavy atom. The second-order valence-corrected chi connectivity index (χ2v) is 9.11. The number of nitrogens with zero attached hydrogens (tertiary/aromatic N) is 5. The maximum Gasteiger partial charge on any atom is 0.322 e. The van der Waals surface area contributed by atoms with E-state index in [1.165, 1.54) is 6.07 Å². The number of benzene rings is 1. The van der Waals surface area contributed by atoms with Crippen molar-refractivity contribution >= 4 is 45.8 Å². The second kappa shape index (κ2) is 8.23. The van der Waals surface area contributed by atoms with Crippen molar-refractivity contribution in [3.8, 4) is 0 Å². The van der Waals surface area contributed by atoms with Crippen LogP contribution in [0.4, 0.5) is 20.7 Å². The van der Waals surface area contributed by atoms with Crippen molar-refractivity contribution in [2.75, 3.05) is 29.9 Å². The lowest BCUT2D eigenvalue weighted by atomic mass is 10.0. The molecule has 0 aliphatic carbocycles. The SMILES string of the molecule is O=C(Nc1cnn2ccc(N3CCC[C@@H]3c3cc(F)ccc3I)nc12)N1CC[C@H](O)C1. The van der Waals surface area contributed by atoms with Crippen molar-refractivity contribution in [2.24, 2.45) is 0 Å². The first-order valence-corrected chi connectivity index (χ1v) is 11.4. The minimum absolute atomic E-state index is 0.0459. The Balaban J connectivity index is 1.43. The number of nitrogens with one attached hydrogen (secondary N) is 1. The molecule has 3 aromatic rings. The van der Waals surface area contributed by atoms with Crippen molar-refractivity contribution in [3.05, 3.63) is 51.6 Å². The molecule has 2 aromatic heterocycles. The first-order valence-electron chi connectivity index (χ1n) is 10.3. The van der Waals surface area contributed by atoms with Crippen LogP contribution in [0.5, 0.6) is 0 Å². The van der Waals surface area contributed by atoms with Crippen molar-refractivity contribution in [2.45, 2.75) is 31.4 Å². The van der Waals surface area contributed by atoms with Gasteiger partial charge in [0, 0.05) is 29.4 Å². The number of aliphatic hydroxyl groups excluding tert-OH is 1. The van der Waals surface area contributed by atoms with E-state index in [4.69, 9.17) is 4.98 Å². The van der Waals surface area contributed by atoms with Crippen LogP contribution in [0.2, 0.25) is 0 Å². The summed E-state index contributed by atoms with van der Waals surface area (Å²) in [5.74, 6) is 0.529. The Morgan fingerprint density at radius 3 is 2.94 bits per heavy atom. The summed E-state index contributed by atoms with van der Waals surface area (Å²) in [5.41, 5.74) is 2.03. The molecule has 0 unspecified atom stereocenters. The molecule has 2 aliphatic heterocycles. The zero-order valence-corrected chi connectivity index (χ0v) is 18.9. The van der Waals surface area contributed by atoms with Crippen LogP contribution in [-0.2, 0) is 0 Å². The van der Waals surface area contributed by atoms with Gasteiger partial charge < -0.3 is 20.2 Å². The Morgan fingerprint density at radius 2 is 2.13 bits per heavy atom. The van der Waals surface area contributed by atoms with Gasteiger partial charge in [0.05, 0.1) is 18.3 Å². The summed E-state index contributed by atoms with van der Waals surface area (Å²) in [5, 5.41) is 16.8. The fourth-order valence-corrected chi connectivity index (χ4v) is 5.06. The number of hydrogen-bond donors (Lipinski definition) is 2. The van der Waals surface area contributed by atoms with Crippen molar-refractivity contribution in [1.29, 1.82) is 0 Å². The molecule has 4 heterocycles. The van der Waals surface area contributed by atoms with E-state index in [1.807, 2.05) is 12.3 Å². The molecule has 31 heavy (non-hydrogen) atoms. The van der Waals surface area contributed by atoms with Crippen LogP contribution >= 0.6 is 22.6 Å². The van der Waals surface area contributed by atoms with E-state index in [1.54, 1.807) is 27.7 Å². The third-order valence-corrected chi connectivity index (χ3v) is 6.89. The van der Waals surface area contributed by atoms with Gasteiger partial charge >= 0.3 is 6.03 Å². The van der Waals surface area contributed by atoms with E-state index in [9.17, 15) is 14.3 Å². The molecular weight excluding hydrogens is 514 g/mol. The monoisotopic (exact) mass is 536 g/mol. The molecule has 0 saturated carbocycles. The van der Waals surface area contributed by atoms with E-state index in [0.29, 0.717) is 30.8 Å². The molecule has 8 nitrogen and oxygen atoms in total. The number of halogens is 2. The van der Waals surface area contributed by atoms with E-state index < -0.39 is 6.10 Å². The minimum Gasteiger partial charge on any atom is -0.391 e. The zero-order chi connectivity index (χ0) is 21.5. The third kappa shape index (κ3) is 3.93. The highest BCUT2D eigenvalue weighted by molar-refractivity contribution is 14.1. The first kappa shape index (κ1) is 20.4. The number of likely N-dealkylation sites (tertiary alicyclic amines) is 1. The number of urea groups is 1. The number of hydrogen-bond acceptors (Lipinski definition) is 5. The summed E-state index contributed by atoms with van der Waals surface area (Å²) >= 11 is 2.25. The van der Waals surface area contributed by atoms with Gasteiger partial charge in [-0.2, -0.15) is 5.10 Å². The fourth-order valence-electron chi connectivity index (χ4n) is 4.36. The molecule has 2 saturated heterocycles. The predicted octanol–water partition coefficient (Wildman–Crippen LogP) is 3.41. The second-order valence-electron chi connectivity index (χ2n) is 7.95. The van der Waals surface area contributed by atoms with E-state index in [0.717, 1.165) is 34.3 Å². The van der Waals surface area contributed by atoms with Gasteiger partial charge in [0.25, 0.3) is 0 Å². The van der Waals surface area contributed by atoms with Gasteiger partial charge in [0.2, 0.25) is 0 Å². The molecule has 2 atom stereocenters. The lowest BCUT2D eigenvalue weighted by molar-refractivity contribution is 0.176. The molecule has 0 spiro atoms. The number of fused-ring (bicyclic) bond motifs is 1. The maximum atomic E-state index is 13.9. The standard InChI is InChI=1S/C21H22FIN6O2/c22-13-3-4-16(23)15(10-13)18-2-1-7-28(18)19-6-9-29-20(26-19)17(11-24-29)25-21(31)27-8-5-14(30)12-27/h3-4,6,9-11,14,18,30H,1-2,5,7-8,12H2,(H,25,31)/t14-,18+/m0/s1. The van der Waals surface area contributed by atoms with Crippen molar-refractivity contribution in [1.82, 2.24) is 19.5 Å². The van der Waals surface area contributed by atoms with Crippen LogP contribution < -0.4 is 10.2 Å². The molecule has 2 fully saturated rings. The van der Waals surface area contributed by atoms with Crippen LogP contribution in [0, 0.1) is 9.39 Å². The Kier molecular flexibility index (Phi) is 5.42. The van der Waals surface area contributed by atoms with Gasteiger partial charge in [-0.05, 0) is 71.7 Å². The highest BCUT2D eigenvalue weighted by Crippen LogP contribution is 2.37. The largest absolute Gasteiger partial charge is 0.391 e. The van der Waals surface area contributed by atoms with Crippen molar-refractivity contribution in [3.63, 3.8) is 0 Å². The van der Waals surface area contributed by atoms with E-state index in [-0.39, 0.29) is 17.9 Å². The lowest BCUT2D eigenvalue weighted by Gasteiger charge is -2.27. The summed E-state index contributed by atoms with van der Waals surface area (Å²) in [4.78, 5) is 21.1. The van der Waals surface area contributed by atoms with Crippen molar-refractivity contribution < 1.29 is 14.3 Å². The van der Waals surface area contributed by atoms with Gasteiger partial charge in [0.15, 0.2) is 5.65 Å². The Hall–Kier alpha value is -2.47. The highest BCUT2D eigenvalue weighted by Gasteiger charge is 2.30. The van der Waals surface area contributed by atoms with Gasteiger partial charge in [-0.1, -0.05) is 0 Å². The molecule has 0 radical (unpaired) electrons. The van der Waals surface area contributed by atoms with E-state index in [2.05, 4.69) is 37.9 Å². The first-order chi connectivity index (χ1) is 15.0. The molecule has 162 valence electrons. The summed E-state index contributed by atoms with van der Waals surface area (Å²) in [6.45, 7) is 1.67. The van der Waals surface area contributed by atoms with Crippen LogP contribution in [-0.4, -0.2) is 56.4 Å². The molecule has 10 heteroatoms. The van der Waals surface area contributed by atoms with E-state index >= 15 is 0 Å². The number of carbonyl (C=O) groups excluding carboxylic acids is 1. The number of aliphatic hydroxyl groups is 1. The Bertz CT molecular complexity index is 1140. The average molecular weight is 536 g/mol. The normalized spacial score (nSPS) is 21.3. The summed E-state index contributed by atoms with van der Waals surface area (Å²) in [7, 11) is 0. The highest BCUT2D eigenvalue weighted by atomic mass is 127. The molecule has 2 N–H and O–H groups in total. The average Bonchev–Trinajstić information content (AvgIpc) is 3.49. The number of β-amino-alcohol motifs (C(OH)–C–C–N with tert-alkyl or cyclic N) is 1. The number of carbonyl (C=O) groups is 1. The van der Waals surface area contributed by atoms with Gasteiger partial charge in [-0.25, -0.2) is 18.7 Å². The zero-order valence-electron chi connectivity index (χ0n) is 16.7. The topological polar surface area (TPSA) is 86.0 Å². The summed E-state index contributed by atoms with van der Waals surface area (Å²) in [6.07, 6.45) is 5.42. The Labute approximate surface area is 192 Å².